The predicted octanol–water partition coefficient (Wildman–Crippen LogP) is 3.35. The summed E-state index contributed by atoms with van der Waals surface area (Å²) in [5.74, 6) is 1.82. The van der Waals surface area contributed by atoms with Crippen LogP contribution in [0, 0.1) is 0 Å². The maximum atomic E-state index is 12.9. The second kappa shape index (κ2) is 8.60. The summed E-state index contributed by atoms with van der Waals surface area (Å²) < 4.78 is 32.8. The number of benzene rings is 2. The molecule has 32 heavy (non-hydrogen) atoms. The summed E-state index contributed by atoms with van der Waals surface area (Å²) in [7, 11) is -1.72. The zero-order valence-corrected chi connectivity index (χ0v) is 19.1. The Morgan fingerprint density at radius 2 is 1.56 bits per heavy atom. The van der Waals surface area contributed by atoms with E-state index in [0.29, 0.717) is 18.0 Å². The van der Waals surface area contributed by atoms with E-state index >= 15 is 0 Å². The van der Waals surface area contributed by atoms with E-state index in [9.17, 15) is 8.42 Å². The van der Waals surface area contributed by atoms with Gasteiger partial charge >= 0.3 is 0 Å². The molecule has 0 unspecified atom stereocenters. The molecule has 2 fully saturated rings. The van der Waals surface area contributed by atoms with Gasteiger partial charge in [0.05, 0.1) is 23.2 Å². The molecule has 0 aliphatic carbocycles. The van der Waals surface area contributed by atoms with Crippen molar-refractivity contribution in [3.63, 3.8) is 0 Å². The molecule has 0 N–H and O–H groups in total. The third-order valence-electron chi connectivity index (χ3n) is 6.38. The molecule has 5 rings (SSSR count). The zero-order chi connectivity index (χ0) is 22.1. The van der Waals surface area contributed by atoms with E-state index in [0.717, 1.165) is 67.2 Å². The van der Waals surface area contributed by atoms with Gasteiger partial charge in [-0.3, -0.25) is 0 Å². The molecule has 3 aromatic rings. The van der Waals surface area contributed by atoms with Crippen LogP contribution >= 0.6 is 0 Å². The van der Waals surface area contributed by atoms with E-state index in [4.69, 9.17) is 9.72 Å². The number of methoxy groups -OCH3 is 1. The highest BCUT2D eigenvalue weighted by Crippen LogP contribution is 2.30. The molecule has 168 valence electrons. The summed E-state index contributed by atoms with van der Waals surface area (Å²) in [4.78, 5) is 9.80. The highest BCUT2D eigenvalue weighted by molar-refractivity contribution is 7.89. The van der Waals surface area contributed by atoms with E-state index in [2.05, 4.69) is 15.9 Å². The summed E-state index contributed by atoms with van der Waals surface area (Å²) in [6.45, 7) is 4.70. The topological polar surface area (TPSA) is 66.0 Å². The Hall–Kier alpha value is -2.84. The molecule has 2 aliphatic heterocycles. The van der Waals surface area contributed by atoms with E-state index in [-0.39, 0.29) is 0 Å². The molecule has 0 bridgehead atoms. The molecule has 7 nitrogen and oxygen atoms in total. The van der Waals surface area contributed by atoms with E-state index < -0.39 is 10.0 Å². The van der Waals surface area contributed by atoms with Gasteiger partial charge in [-0.15, -0.1) is 0 Å². The van der Waals surface area contributed by atoms with Gasteiger partial charge in [-0.2, -0.15) is 4.31 Å². The predicted molar refractivity (Wildman–Crippen MR) is 127 cm³/mol. The first-order chi connectivity index (χ1) is 15.6. The summed E-state index contributed by atoms with van der Waals surface area (Å²) >= 11 is 0. The van der Waals surface area contributed by atoms with Crippen LogP contribution in [0.4, 0.5) is 11.5 Å². The third kappa shape index (κ3) is 3.89. The van der Waals surface area contributed by atoms with Crippen LogP contribution in [0.1, 0.15) is 12.8 Å². The van der Waals surface area contributed by atoms with Gasteiger partial charge < -0.3 is 14.5 Å². The fraction of sp³-hybridized carbons (Fsp3) is 0.375. The first-order valence-electron chi connectivity index (χ1n) is 11.1. The molecule has 0 saturated carbocycles. The number of piperazine rings is 1. The van der Waals surface area contributed by atoms with Gasteiger partial charge in [-0.25, -0.2) is 13.4 Å². The van der Waals surface area contributed by atoms with E-state index in [1.165, 1.54) is 0 Å². The smallest absolute Gasteiger partial charge is 0.243 e. The molecule has 2 saturated heterocycles. The van der Waals surface area contributed by atoms with Gasteiger partial charge in [0, 0.05) is 44.7 Å². The lowest BCUT2D eigenvalue weighted by molar-refractivity contribution is 0.413. The van der Waals surface area contributed by atoms with Gasteiger partial charge in [0.2, 0.25) is 10.0 Å². The van der Waals surface area contributed by atoms with Gasteiger partial charge in [0.1, 0.15) is 11.6 Å². The molecular formula is C24H28N4O3S. The van der Waals surface area contributed by atoms with Crippen LogP contribution in [-0.2, 0) is 10.0 Å². The number of hydrogen-bond acceptors (Lipinski definition) is 6. The number of fused-ring (bicyclic) bond motifs is 1. The van der Waals surface area contributed by atoms with Crippen molar-refractivity contribution in [3.8, 4) is 5.75 Å². The van der Waals surface area contributed by atoms with Crippen molar-refractivity contribution in [2.24, 2.45) is 0 Å². The molecule has 2 aromatic carbocycles. The first kappa shape index (κ1) is 21.0. The minimum atomic E-state index is -3.42. The number of hydrogen-bond donors (Lipinski definition) is 0. The van der Waals surface area contributed by atoms with Crippen LogP contribution in [0.2, 0.25) is 0 Å². The number of anilines is 2. The highest BCUT2D eigenvalue weighted by atomic mass is 32.2. The number of ether oxygens (including phenoxy) is 1. The lowest BCUT2D eigenvalue weighted by Gasteiger charge is -2.37. The number of rotatable bonds is 5. The fourth-order valence-corrected chi connectivity index (χ4v) is 6.13. The molecule has 0 amide bonds. The van der Waals surface area contributed by atoms with Crippen molar-refractivity contribution in [2.75, 3.05) is 56.2 Å². The molecule has 3 heterocycles. The van der Waals surface area contributed by atoms with Gasteiger partial charge in [0.15, 0.2) is 0 Å². The average Bonchev–Trinajstić information content (AvgIpc) is 3.39. The SMILES string of the molecule is COc1ccccc1N1CCN(c2ccc3cc(S(=O)(=O)N4CCCC4)ccc3n2)CC1. The second-order valence-corrected chi connectivity index (χ2v) is 10.2. The molecule has 0 atom stereocenters. The lowest BCUT2D eigenvalue weighted by atomic mass is 10.2. The summed E-state index contributed by atoms with van der Waals surface area (Å²) in [5.41, 5.74) is 1.93. The van der Waals surface area contributed by atoms with Crippen LogP contribution < -0.4 is 14.5 Å². The number of sulfonamides is 1. The Bertz CT molecular complexity index is 1220. The maximum absolute atomic E-state index is 12.9. The third-order valence-corrected chi connectivity index (χ3v) is 8.27. The van der Waals surface area contributed by atoms with Gasteiger partial charge in [-0.05, 0) is 55.3 Å². The maximum Gasteiger partial charge on any atom is 0.243 e. The van der Waals surface area contributed by atoms with Crippen LogP contribution in [0.15, 0.2) is 59.5 Å². The zero-order valence-electron chi connectivity index (χ0n) is 18.3. The number of nitrogens with zero attached hydrogens (tertiary/aromatic N) is 4. The van der Waals surface area contributed by atoms with Crippen LogP contribution in [0.5, 0.6) is 5.75 Å². The number of pyridine rings is 1. The normalized spacial score (nSPS) is 17.8. The Morgan fingerprint density at radius 1 is 0.844 bits per heavy atom. The molecule has 0 spiro atoms. The Labute approximate surface area is 189 Å². The van der Waals surface area contributed by atoms with Crippen LogP contribution in [0.3, 0.4) is 0 Å². The lowest BCUT2D eigenvalue weighted by Crippen LogP contribution is -2.46. The minimum Gasteiger partial charge on any atom is -0.495 e. The fourth-order valence-electron chi connectivity index (χ4n) is 4.57. The Balaban J connectivity index is 1.32. The van der Waals surface area contributed by atoms with Crippen molar-refractivity contribution in [2.45, 2.75) is 17.7 Å². The number of aromatic nitrogens is 1. The number of para-hydroxylation sites is 2. The van der Waals surface area contributed by atoms with E-state index in [1.807, 2.05) is 36.4 Å². The largest absolute Gasteiger partial charge is 0.495 e. The van der Waals surface area contributed by atoms with Gasteiger partial charge in [0.25, 0.3) is 0 Å². The van der Waals surface area contributed by atoms with Crippen molar-refractivity contribution in [1.82, 2.24) is 9.29 Å². The monoisotopic (exact) mass is 452 g/mol. The van der Waals surface area contributed by atoms with Crippen LogP contribution in [0.25, 0.3) is 10.9 Å². The van der Waals surface area contributed by atoms with E-state index in [1.54, 1.807) is 23.5 Å². The average molecular weight is 453 g/mol. The Morgan fingerprint density at radius 3 is 2.31 bits per heavy atom. The van der Waals surface area contributed by atoms with Crippen molar-refractivity contribution in [3.05, 3.63) is 54.6 Å². The van der Waals surface area contributed by atoms with Crippen molar-refractivity contribution >= 4 is 32.4 Å². The standard InChI is InChI=1S/C24H28N4O3S/c1-31-23-7-3-2-6-22(23)26-14-16-27(17-15-26)24-11-8-19-18-20(9-10-21(19)25-24)32(29,30)28-12-4-5-13-28/h2-3,6-11,18H,4-5,12-17H2,1H3. The molecule has 1 aromatic heterocycles. The molecule has 8 heteroatoms. The second-order valence-electron chi connectivity index (χ2n) is 8.28. The van der Waals surface area contributed by atoms with Crippen LogP contribution in [-0.4, -0.2) is 64.1 Å². The first-order valence-corrected chi connectivity index (χ1v) is 12.5. The minimum absolute atomic E-state index is 0.354. The highest BCUT2D eigenvalue weighted by Gasteiger charge is 2.27. The van der Waals surface area contributed by atoms with Crippen molar-refractivity contribution in [1.29, 1.82) is 0 Å². The summed E-state index contributed by atoms with van der Waals surface area (Å²) in [6.07, 6.45) is 1.87. The molecule has 0 radical (unpaired) electrons. The quantitative estimate of drug-likeness (QED) is 0.592. The molecule has 2 aliphatic rings. The summed E-state index contributed by atoms with van der Waals surface area (Å²) in [6, 6.07) is 17.3. The summed E-state index contributed by atoms with van der Waals surface area (Å²) in [5, 5.41) is 0.849. The van der Waals surface area contributed by atoms with Crippen molar-refractivity contribution < 1.29 is 13.2 Å². The molecular weight excluding hydrogens is 424 g/mol. The van der Waals surface area contributed by atoms with Gasteiger partial charge in [-0.1, -0.05) is 12.1 Å². The Kier molecular flexibility index (Phi) is 5.65.